The molecule has 0 amide bonds. The number of aromatic nitrogens is 4. The van der Waals surface area contributed by atoms with Crippen molar-refractivity contribution in [1.29, 1.82) is 0 Å². The third kappa shape index (κ3) is 2.72. The van der Waals surface area contributed by atoms with E-state index >= 15 is 0 Å². The Morgan fingerprint density at radius 1 is 1.37 bits per heavy atom. The van der Waals surface area contributed by atoms with Crippen molar-refractivity contribution in [1.82, 2.24) is 20.2 Å². The number of hydrogen-bond acceptors (Lipinski definition) is 4. The molecule has 6 heteroatoms. The molecule has 19 heavy (non-hydrogen) atoms. The quantitative estimate of drug-likeness (QED) is 0.838. The largest absolute Gasteiger partial charge is 0.399 e. The molecule has 0 radical (unpaired) electrons. The second-order valence-electron chi connectivity index (χ2n) is 5.05. The molecule has 2 N–H and O–H groups in total. The molecule has 5 nitrogen and oxygen atoms in total. The number of aryl methyl sites for hydroxylation is 1. The Balaban J connectivity index is 1.77. The molecular formula is C13H16FN5. The molecule has 0 spiro atoms. The summed E-state index contributed by atoms with van der Waals surface area (Å²) in [4.78, 5) is 0. The monoisotopic (exact) mass is 261 g/mol. The molecule has 0 aliphatic heterocycles. The van der Waals surface area contributed by atoms with E-state index < -0.39 is 5.82 Å². The Morgan fingerprint density at radius 3 is 2.95 bits per heavy atom. The van der Waals surface area contributed by atoms with Crippen molar-refractivity contribution in [2.24, 2.45) is 5.92 Å². The normalized spacial score (nSPS) is 14.8. The van der Waals surface area contributed by atoms with E-state index in [1.807, 2.05) is 0 Å². The molecule has 1 aromatic heterocycles. The van der Waals surface area contributed by atoms with Gasteiger partial charge >= 0.3 is 0 Å². The lowest BCUT2D eigenvalue weighted by Gasteiger charge is -2.05. The summed E-state index contributed by atoms with van der Waals surface area (Å²) in [6.07, 6.45) is 4.91. The third-order valence-electron chi connectivity index (χ3n) is 3.45. The first-order valence-electron chi connectivity index (χ1n) is 6.55. The van der Waals surface area contributed by atoms with Gasteiger partial charge in [0.25, 0.3) is 0 Å². The summed E-state index contributed by atoms with van der Waals surface area (Å²) >= 11 is 0. The lowest BCUT2D eigenvalue weighted by atomic mass is 10.1. The SMILES string of the molecule is Nc1ccc(-c2nnnn2CCCC2CC2)c(F)c1. The van der Waals surface area contributed by atoms with Crippen molar-refractivity contribution in [3.63, 3.8) is 0 Å². The fraction of sp³-hybridized carbons (Fsp3) is 0.462. The Hall–Kier alpha value is -1.98. The molecule has 1 aromatic carbocycles. The first-order valence-corrected chi connectivity index (χ1v) is 6.55. The maximum Gasteiger partial charge on any atom is 0.184 e. The number of nitrogens with two attached hydrogens (primary N) is 1. The van der Waals surface area contributed by atoms with Crippen LogP contribution in [-0.4, -0.2) is 20.2 Å². The lowest BCUT2D eigenvalue weighted by Crippen LogP contribution is -2.04. The van der Waals surface area contributed by atoms with Gasteiger partial charge in [0, 0.05) is 12.2 Å². The summed E-state index contributed by atoms with van der Waals surface area (Å²) in [6, 6.07) is 4.56. The van der Waals surface area contributed by atoms with Crippen LogP contribution in [0.5, 0.6) is 0 Å². The van der Waals surface area contributed by atoms with Crippen LogP contribution in [-0.2, 0) is 6.54 Å². The minimum Gasteiger partial charge on any atom is -0.399 e. The third-order valence-corrected chi connectivity index (χ3v) is 3.45. The van der Waals surface area contributed by atoms with Crippen LogP contribution < -0.4 is 5.73 Å². The molecule has 0 saturated heterocycles. The maximum atomic E-state index is 13.9. The predicted molar refractivity (Wildman–Crippen MR) is 69.6 cm³/mol. The van der Waals surface area contributed by atoms with Crippen LogP contribution in [0, 0.1) is 11.7 Å². The average molecular weight is 261 g/mol. The van der Waals surface area contributed by atoms with E-state index in [2.05, 4.69) is 15.5 Å². The number of hydrogen-bond donors (Lipinski definition) is 1. The number of tetrazole rings is 1. The summed E-state index contributed by atoms with van der Waals surface area (Å²) in [7, 11) is 0. The fourth-order valence-electron chi connectivity index (χ4n) is 2.20. The zero-order chi connectivity index (χ0) is 13.2. The summed E-state index contributed by atoms with van der Waals surface area (Å²) < 4.78 is 15.5. The molecule has 3 rings (SSSR count). The molecule has 0 bridgehead atoms. The predicted octanol–water partition coefficient (Wildman–Crippen LogP) is 2.25. The number of anilines is 1. The van der Waals surface area contributed by atoms with Crippen LogP contribution in [0.4, 0.5) is 10.1 Å². The van der Waals surface area contributed by atoms with Crippen LogP contribution in [0.25, 0.3) is 11.4 Å². The number of benzene rings is 1. The molecule has 2 aromatic rings. The average Bonchev–Trinajstić information content (AvgIpc) is 3.08. The van der Waals surface area contributed by atoms with Gasteiger partial charge in [0.1, 0.15) is 5.82 Å². The zero-order valence-corrected chi connectivity index (χ0v) is 10.6. The number of nitrogen functional groups attached to an aromatic ring is 1. The van der Waals surface area contributed by atoms with Crippen molar-refractivity contribution in [2.75, 3.05) is 5.73 Å². The van der Waals surface area contributed by atoms with E-state index in [9.17, 15) is 4.39 Å². The smallest absolute Gasteiger partial charge is 0.184 e. The molecule has 100 valence electrons. The van der Waals surface area contributed by atoms with E-state index in [1.54, 1.807) is 16.8 Å². The maximum absolute atomic E-state index is 13.9. The van der Waals surface area contributed by atoms with E-state index in [0.717, 1.165) is 18.9 Å². The van der Waals surface area contributed by atoms with E-state index in [4.69, 9.17) is 5.73 Å². The van der Waals surface area contributed by atoms with E-state index in [0.29, 0.717) is 17.1 Å². The zero-order valence-electron chi connectivity index (χ0n) is 10.6. The topological polar surface area (TPSA) is 69.6 Å². The van der Waals surface area contributed by atoms with Crippen molar-refractivity contribution >= 4 is 5.69 Å². The van der Waals surface area contributed by atoms with Gasteiger partial charge in [-0.15, -0.1) is 5.10 Å². The highest BCUT2D eigenvalue weighted by Gasteiger charge is 2.21. The highest BCUT2D eigenvalue weighted by molar-refractivity contribution is 5.59. The van der Waals surface area contributed by atoms with Gasteiger partial charge in [0.2, 0.25) is 0 Å². The molecule has 1 fully saturated rings. The first kappa shape index (κ1) is 12.1. The minimum absolute atomic E-state index is 0.391. The molecule has 0 atom stereocenters. The van der Waals surface area contributed by atoms with Gasteiger partial charge in [0.05, 0.1) is 5.56 Å². The molecule has 1 aliphatic rings. The summed E-state index contributed by atoms with van der Waals surface area (Å²) in [5.74, 6) is 0.958. The summed E-state index contributed by atoms with van der Waals surface area (Å²) in [5.41, 5.74) is 6.33. The van der Waals surface area contributed by atoms with E-state index in [-0.39, 0.29) is 0 Å². The Labute approximate surface area is 110 Å². The Morgan fingerprint density at radius 2 is 2.21 bits per heavy atom. The van der Waals surface area contributed by atoms with Crippen molar-refractivity contribution < 1.29 is 4.39 Å². The second-order valence-corrected chi connectivity index (χ2v) is 5.05. The van der Waals surface area contributed by atoms with Gasteiger partial charge in [-0.2, -0.15) is 0 Å². The van der Waals surface area contributed by atoms with Gasteiger partial charge in [-0.3, -0.25) is 0 Å². The minimum atomic E-state index is -0.391. The first-order chi connectivity index (χ1) is 9.24. The van der Waals surface area contributed by atoms with Gasteiger partial charge in [-0.25, -0.2) is 9.07 Å². The highest BCUT2D eigenvalue weighted by atomic mass is 19.1. The number of halogens is 1. The molecular weight excluding hydrogens is 245 g/mol. The highest BCUT2D eigenvalue weighted by Crippen LogP contribution is 2.33. The standard InChI is InChI=1S/C13H16FN5/c14-12-8-10(15)5-6-11(12)13-16-17-18-19(13)7-1-2-9-3-4-9/h5-6,8-9H,1-4,7,15H2. The lowest BCUT2D eigenvalue weighted by molar-refractivity contribution is 0.525. The second kappa shape index (κ2) is 4.95. The van der Waals surface area contributed by atoms with Gasteiger partial charge in [-0.05, 0) is 47.4 Å². The van der Waals surface area contributed by atoms with Crippen molar-refractivity contribution in [3.05, 3.63) is 24.0 Å². The van der Waals surface area contributed by atoms with Crippen LogP contribution in [0.2, 0.25) is 0 Å². The fourth-order valence-corrected chi connectivity index (χ4v) is 2.20. The van der Waals surface area contributed by atoms with Gasteiger partial charge < -0.3 is 5.73 Å². The van der Waals surface area contributed by atoms with Crippen LogP contribution >= 0.6 is 0 Å². The van der Waals surface area contributed by atoms with Crippen LogP contribution in [0.1, 0.15) is 25.7 Å². The van der Waals surface area contributed by atoms with Crippen LogP contribution in [0.3, 0.4) is 0 Å². The van der Waals surface area contributed by atoms with Crippen molar-refractivity contribution in [3.8, 4) is 11.4 Å². The molecule has 0 unspecified atom stereocenters. The van der Waals surface area contributed by atoms with Crippen molar-refractivity contribution in [2.45, 2.75) is 32.2 Å². The molecule has 1 heterocycles. The number of nitrogens with zero attached hydrogens (tertiary/aromatic N) is 4. The Bertz CT molecular complexity index is 576. The summed E-state index contributed by atoms with van der Waals surface area (Å²) in [5, 5.41) is 11.5. The van der Waals surface area contributed by atoms with Gasteiger partial charge in [0.15, 0.2) is 5.82 Å². The van der Waals surface area contributed by atoms with Gasteiger partial charge in [-0.1, -0.05) is 12.8 Å². The molecule has 1 saturated carbocycles. The summed E-state index contributed by atoms with van der Waals surface area (Å²) in [6.45, 7) is 0.725. The number of rotatable bonds is 5. The van der Waals surface area contributed by atoms with E-state index in [1.165, 1.54) is 25.3 Å². The molecule has 1 aliphatic carbocycles. The van der Waals surface area contributed by atoms with Crippen LogP contribution in [0.15, 0.2) is 18.2 Å². The Kier molecular flexibility index (Phi) is 3.15.